The van der Waals surface area contributed by atoms with Crippen molar-refractivity contribution in [3.05, 3.63) is 18.2 Å². The Morgan fingerprint density at radius 3 is 2.56 bits per heavy atom. The van der Waals surface area contributed by atoms with Crippen molar-refractivity contribution in [3.63, 3.8) is 0 Å². The lowest BCUT2D eigenvalue weighted by Crippen LogP contribution is -2.14. The molecule has 1 aromatic carbocycles. The Kier molecular flexibility index (Phi) is 4.45. The Morgan fingerprint density at radius 2 is 2.06 bits per heavy atom. The molecule has 1 atom stereocenters. The van der Waals surface area contributed by atoms with Crippen LogP contribution in [0.15, 0.2) is 23.1 Å². The van der Waals surface area contributed by atoms with Crippen LogP contribution in [0.25, 0.3) is 0 Å². The average molecular weight is 244 g/mol. The highest BCUT2D eigenvalue weighted by molar-refractivity contribution is 8.00. The van der Waals surface area contributed by atoms with Crippen molar-refractivity contribution in [2.24, 2.45) is 0 Å². The molecule has 0 fully saturated rings. The number of hydrogen-bond donors (Lipinski definition) is 2. The third-order valence-electron chi connectivity index (χ3n) is 1.82. The first kappa shape index (κ1) is 12.7. The summed E-state index contributed by atoms with van der Waals surface area (Å²) >= 11 is 0.783. The summed E-state index contributed by atoms with van der Waals surface area (Å²) in [7, 11) is 2.94. The third-order valence-corrected chi connectivity index (χ3v) is 2.82. The maximum absolute atomic E-state index is 10.5. The van der Waals surface area contributed by atoms with E-state index in [1.807, 2.05) is 0 Å². The lowest BCUT2D eigenvalue weighted by Gasteiger charge is -2.12. The number of carboxylic acids is 1. The number of para-hydroxylation sites is 1. The SMILES string of the molecule is COc1cccc(SC(O)C(=O)O)c1OC. The van der Waals surface area contributed by atoms with Gasteiger partial charge >= 0.3 is 5.97 Å². The number of aliphatic hydroxyl groups is 1. The van der Waals surface area contributed by atoms with Crippen LogP contribution in [0.1, 0.15) is 0 Å². The maximum atomic E-state index is 10.5. The number of benzene rings is 1. The van der Waals surface area contributed by atoms with Crippen LogP contribution in [0.3, 0.4) is 0 Å². The minimum absolute atomic E-state index is 0.412. The second-order valence-corrected chi connectivity index (χ2v) is 3.92. The molecule has 0 heterocycles. The van der Waals surface area contributed by atoms with Gasteiger partial charge in [0.1, 0.15) is 0 Å². The molecule has 0 aliphatic heterocycles. The molecule has 1 aromatic rings. The molecule has 0 aliphatic carbocycles. The second kappa shape index (κ2) is 5.62. The minimum Gasteiger partial charge on any atom is -0.493 e. The van der Waals surface area contributed by atoms with Gasteiger partial charge in [-0.25, -0.2) is 4.79 Å². The van der Waals surface area contributed by atoms with Gasteiger partial charge in [0, 0.05) is 0 Å². The van der Waals surface area contributed by atoms with Crippen molar-refractivity contribution < 1.29 is 24.5 Å². The van der Waals surface area contributed by atoms with E-state index >= 15 is 0 Å². The largest absolute Gasteiger partial charge is 0.493 e. The summed E-state index contributed by atoms with van der Waals surface area (Å²) in [5.41, 5.74) is -1.53. The fourth-order valence-corrected chi connectivity index (χ4v) is 1.91. The number of hydrogen-bond acceptors (Lipinski definition) is 5. The summed E-state index contributed by atoms with van der Waals surface area (Å²) in [5.74, 6) is -0.393. The van der Waals surface area contributed by atoms with Gasteiger partial charge < -0.3 is 19.7 Å². The van der Waals surface area contributed by atoms with Gasteiger partial charge in [0.15, 0.2) is 11.5 Å². The molecule has 0 aromatic heterocycles. The second-order valence-electron chi connectivity index (χ2n) is 2.80. The topological polar surface area (TPSA) is 76.0 Å². The predicted octanol–water partition coefficient (Wildman–Crippen LogP) is 1.20. The molecule has 2 N–H and O–H groups in total. The summed E-state index contributed by atoms with van der Waals surface area (Å²) in [4.78, 5) is 11.0. The van der Waals surface area contributed by atoms with Gasteiger partial charge in [0.05, 0.1) is 19.1 Å². The summed E-state index contributed by atoms with van der Waals surface area (Å²) in [6, 6.07) is 5.03. The van der Waals surface area contributed by atoms with Gasteiger partial charge in [-0.05, 0) is 12.1 Å². The van der Waals surface area contributed by atoms with Crippen LogP contribution in [0.4, 0.5) is 0 Å². The molecule has 0 spiro atoms. The molecular weight excluding hydrogens is 232 g/mol. The van der Waals surface area contributed by atoms with Gasteiger partial charge in [-0.2, -0.15) is 0 Å². The molecule has 0 bridgehead atoms. The van der Waals surface area contributed by atoms with Crippen molar-refractivity contribution in [3.8, 4) is 11.5 Å². The normalized spacial score (nSPS) is 11.9. The van der Waals surface area contributed by atoms with E-state index in [4.69, 9.17) is 14.6 Å². The quantitative estimate of drug-likeness (QED) is 0.598. The monoisotopic (exact) mass is 244 g/mol. The van der Waals surface area contributed by atoms with Gasteiger partial charge in [0.2, 0.25) is 5.44 Å². The molecule has 0 amide bonds. The summed E-state index contributed by atoms with van der Waals surface area (Å²) in [5, 5.41) is 17.8. The number of thioether (sulfide) groups is 1. The average Bonchev–Trinajstić information content (AvgIpc) is 2.28. The molecule has 1 unspecified atom stereocenters. The first-order chi connectivity index (χ1) is 7.60. The summed E-state index contributed by atoms with van der Waals surface area (Å²) in [6.07, 6.45) is 0. The van der Waals surface area contributed by atoms with Gasteiger partial charge in [-0.15, -0.1) is 0 Å². The van der Waals surface area contributed by atoms with Gasteiger partial charge in [0.25, 0.3) is 0 Å². The number of ether oxygens (including phenoxy) is 2. The lowest BCUT2D eigenvalue weighted by atomic mass is 10.3. The zero-order chi connectivity index (χ0) is 12.1. The highest BCUT2D eigenvalue weighted by atomic mass is 32.2. The minimum atomic E-state index is -1.53. The Bertz CT molecular complexity index is 379. The van der Waals surface area contributed by atoms with Gasteiger partial charge in [-0.3, -0.25) is 0 Å². The molecular formula is C10H12O5S. The van der Waals surface area contributed by atoms with E-state index in [1.54, 1.807) is 18.2 Å². The summed E-state index contributed by atoms with van der Waals surface area (Å²) < 4.78 is 10.1. The zero-order valence-electron chi connectivity index (χ0n) is 8.84. The fraction of sp³-hybridized carbons (Fsp3) is 0.300. The first-order valence-electron chi connectivity index (χ1n) is 4.38. The number of carboxylic acid groups (broad SMARTS) is 1. The standard InChI is InChI=1S/C10H12O5S/c1-14-6-4-3-5-7(8(6)15-2)16-10(13)9(11)12/h3-5,10,13H,1-2H3,(H,11,12). The number of aliphatic hydroxyl groups excluding tert-OH is 1. The van der Waals surface area contributed by atoms with Crippen LogP contribution >= 0.6 is 11.8 Å². The van der Waals surface area contributed by atoms with Crippen molar-refractivity contribution in [1.29, 1.82) is 0 Å². The third kappa shape index (κ3) is 2.80. The Labute approximate surface area is 97.0 Å². The molecule has 1 rings (SSSR count). The van der Waals surface area contributed by atoms with E-state index in [1.165, 1.54) is 14.2 Å². The van der Waals surface area contributed by atoms with Crippen molar-refractivity contribution in [2.45, 2.75) is 10.3 Å². The van der Waals surface area contributed by atoms with Gasteiger partial charge in [-0.1, -0.05) is 17.8 Å². The van der Waals surface area contributed by atoms with Crippen LogP contribution in [0.2, 0.25) is 0 Å². The van der Waals surface area contributed by atoms with E-state index in [2.05, 4.69) is 0 Å². The van der Waals surface area contributed by atoms with E-state index in [0.717, 1.165) is 11.8 Å². The molecule has 5 nitrogen and oxygen atoms in total. The van der Waals surface area contributed by atoms with E-state index in [9.17, 15) is 9.90 Å². The number of aliphatic carboxylic acids is 1. The van der Waals surface area contributed by atoms with Crippen LogP contribution in [0, 0.1) is 0 Å². The Balaban J connectivity index is 2.99. The van der Waals surface area contributed by atoms with Crippen molar-refractivity contribution in [1.82, 2.24) is 0 Å². The van der Waals surface area contributed by atoms with Crippen LogP contribution < -0.4 is 9.47 Å². The van der Waals surface area contributed by atoms with E-state index in [0.29, 0.717) is 16.4 Å². The maximum Gasteiger partial charge on any atom is 0.343 e. The molecule has 0 saturated heterocycles. The van der Waals surface area contributed by atoms with Crippen molar-refractivity contribution in [2.75, 3.05) is 14.2 Å². The predicted molar refractivity (Wildman–Crippen MR) is 59.0 cm³/mol. The zero-order valence-corrected chi connectivity index (χ0v) is 9.65. The molecule has 88 valence electrons. The first-order valence-corrected chi connectivity index (χ1v) is 5.26. The number of rotatable bonds is 5. The summed E-state index contributed by atoms with van der Waals surface area (Å²) in [6.45, 7) is 0. The highest BCUT2D eigenvalue weighted by Crippen LogP contribution is 2.38. The molecule has 16 heavy (non-hydrogen) atoms. The fourth-order valence-electron chi connectivity index (χ4n) is 1.12. The molecule has 0 aliphatic rings. The van der Waals surface area contributed by atoms with E-state index < -0.39 is 11.4 Å². The van der Waals surface area contributed by atoms with Crippen LogP contribution in [0.5, 0.6) is 11.5 Å². The number of methoxy groups -OCH3 is 2. The Hall–Kier alpha value is -1.40. The molecule has 0 radical (unpaired) electrons. The molecule has 0 saturated carbocycles. The van der Waals surface area contributed by atoms with E-state index in [-0.39, 0.29) is 0 Å². The smallest absolute Gasteiger partial charge is 0.343 e. The molecule has 6 heteroatoms. The lowest BCUT2D eigenvalue weighted by molar-refractivity contribution is -0.141. The highest BCUT2D eigenvalue weighted by Gasteiger charge is 2.18. The van der Waals surface area contributed by atoms with Crippen molar-refractivity contribution >= 4 is 17.7 Å². The Morgan fingerprint density at radius 1 is 1.38 bits per heavy atom. The number of carbonyl (C=O) groups is 1. The van der Waals surface area contributed by atoms with Crippen LogP contribution in [-0.4, -0.2) is 35.8 Å². The van der Waals surface area contributed by atoms with Crippen LogP contribution in [-0.2, 0) is 4.79 Å².